The second-order valence-corrected chi connectivity index (χ2v) is 9.56. The van der Waals surface area contributed by atoms with E-state index in [9.17, 15) is 14.4 Å². The smallest absolute Gasteiger partial charge is 0.409 e. The van der Waals surface area contributed by atoms with Gasteiger partial charge in [-0.2, -0.15) is 0 Å². The third-order valence-corrected chi connectivity index (χ3v) is 7.38. The molecule has 2 aliphatic heterocycles. The molecule has 0 saturated carbocycles. The molecule has 0 bridgehead atoms. The minimum atomic E-state index is -0.669. The summed E-state index contributed by atoms with van der Waals surface area (Å²) in [6.07, 6.45) is 3.05. The molecule has 0 spiro atoms. The van der Waals surface area contributed by atoms with E-state index in [-0.39, 0.29) is 30.0 Å². The first-order chi connectivity index (χ1) is 17.4. The molecule has 36 heavy (non-hydrogen) atoms. The lowest BCUT2D eigenvalue weighted by Gasteiger charge is -2.34. The fourth-order valence-corrected chi connectivity index (χ4v) is 5.51. The van der Waals surface area contributed by atoms with Crippen LogP contribution in [0.25, 0.3) is 10.9 Å². The van der Waals surface area contributed by atoms with Crippen molar-refractivity contribution in [3.8, 4) is 0 Å². The van der Waals surface area contributed by atoms with Crippen molar-refractivity contribution in [1.29, 1.82) is 0 Å². The number of nitrogens with zero attached hydrogens (tertiary/aromatic N) is 3. The fourth-order valence-electron chi connectivity index (χ4n) is 5.51. The Labute approximate surface area is 210 Å². The molecular formula is C28H32N4O4. The second-order valence-electron chi connectivity index (χ2n) is 9.56. The molecule has 1 N–H and O–H groups in total. The molecule has 8 heteroatoms. The predicted octanol–water partition coefficient (Wildman–Crippen LogP) is 3.85. The number of benzene rings is 2. The molecular weight excluding hydrogens is 456 g/mol. The lowest BCUT2D eigenvalue weighted by molar-refractivity contribution is -0.126. The lowest BCUT2D eigenvalue weighted by Crippen LogP contribution is -2.52. The highest BCUT2D eigenvalue weighted by Gasteiger charge is 2.43. The molecule has 0 unspecified atom stereocenters. The number of piperidine rings is 1. The molecule has 2 aromatic carbocycles. The van der Waals surface area contributed by atoms with Gasteiger partial charge in [0.2, 0.25) is 5.91 Å². The van der Waals surface area contributed by atoms with E-state index in [1.807, 2.05) is 43.4 Å². The maximum Gasteiger partial charge on any atom is 0.409 e. The first-order valence-electron chi connectivity index (χ1n) is 12.6. The maximum atomic E-state index is 13.6. The normalized spacial score (nSPS) is 18.9. The molecule has 8 nitrogen and oxygen atoms in total. The highest BCUT2D eigenvalue weighted by atomic mass is 16.6. The zero-order valence-electron chi connectivity index (χ0n) is 20.9. The average molecular weight is 489 g/mol. The van der Waals surface area contributed by atoms with E-state index in [0.717, 1.165) is 22.0 Å². The van der Waals surface area contributed by atoms with Crippen LogP contribution in [0.2, 0.25) is 0 Å². The van der Waals surface area contributed by atoms with Crippen molar-refractivity contribution in [2.45, 2.75) is 44.8 Å². The zero-order chi connectivity index (χ0) is 25.4. The van der Waals surface area contributed by atoms with E-state index in [1.54, 1.807) is 23.6 Å². The van der Waals surface area contributed by atoms with Gasteiger partial charge in [-0.05, 0) is 44.4 Å². The third-order valence-electron chi connectivity index (χ3n) is 7.38. The molecule has 1 saturated heterocycles. The van der Waals surface area contributed by atoms with Gasteiger partial charge in [0, 0.05) is 54.4 Å². The van der Waals surface area contributed by atoms with Crippen LogP contribution in [0.15, 0.2) is 54.7 Å². The second kappa shape index (κ2) is 9.68. The summed E-state index contributed by atoms with van der Waals surface area (Å²) >= 11 is 0. The van der Waals surface area contributed by atoms with Gasteiger partial charge in [0.1, 0.15) is 6.04 Å². The summed E-state index contributed by atoms with van der Waals surface area (Å²) in [5.41, 5.74) is 3.64. The van der Waals surface area contributed by atoms with Crippen LogP contribution in [0.1, 0.15) is 54.2 Å². The number of aryl methyl sites for hydroxylation is 1. The van der Waals surface area contributed by atoms with Gasteiger partial charge in [-0.3, -0.25) is 9.59 Å². The number of likely N-dealkylation sites (tertiary alicyclic amines) is 1. The lowest BCUT2D eigenvalue weighted by atomic mass is 9.97. The van der Waals surface area contributed by atoms with Gasteiger partial charge in [-0.1, -0.05) is 36.4 Å². The van der Waals surface area contributed by atoms with Gasteiger partial charge in [-0.25, -0.2) is 4.79 Å². The summed E-state index contributed by atoms with van der Waals surface area (Å²) in [6, 6.07) is 14.7. The summed E-state index contributed by atoms with van der Waals surface area (Å²) in [6.45, 7) is 4.99. The van der Waals surface area contributed by atoms with Crippen LogP contribution in [-0.2, 0) is 16.6 Å². The summed E-state index contributed by atoms with van der Waals surface area (Å²) in [7, 11) is 2.00. The Bertz CT molecular complexity index is 1310. The zero-order valence-corrected chi connectivity index (χ0v) is 20.9. The van der Waals surface area contributed by atoms with E-state index in [1.165, 1.54) is 0 Å². The molecule has 5 rings (SSSR count). The van der Waals surface area contributed by atoms with Gasteiger partial charge < -0.3 is 24.4 Å². The molecule has 3 amide bonds. The fraction of sp³-hybridized carbons (Fsp3) is 0.393. The minimum Gasteiger partial charge on any atom is -0.450 e. The highest BCUT2D eigenvalue weighted by Crippen LogP contribution is 2.42. The van der Waals surface area contributed by atoms with E-state index >= 15 is 0 Å². The molecule has 0 radical (unpaired) electrons. The Balaban J connectivity index is 1.39. The Morgan fingerprint density at radius 3 is 2.50 bits per heavy atom. The van der Waals surface area contributed by atoms with Crippen molar-refractivity contribution in [1.82, 2.24) is 19.7 Å². The number of hydrogen-bond donors (Lipinski definition) is 1. The molecule has 3 heterocycles. The largest absolute Gasteiger partial charge is 0.450 e. The van der Waals surface area contributed by atoms with Gasteiger partial charge in [-0.15, -0.1) is 0 Å². The number of hydrogen-bond acceptors (Lipinski definition) is 4. The van der Waals surface area contributed by atoms with Crippen LogP contribution in [0, 0.1) is 0 Å². The van der Waals surface area contributed by atoms with E-state index < -0.39 is 6.04 Å². The first kappa shape index (κ1) is 23.9. The van der Waals surface area contributed by atoms with Crippen LogP contribution in [0.3, 0.4) is 0 Å². The van der Waals surface area contributed by atoms with Gasteiger partial charge >= 0.3 is 6.09 Å². The number of ether oxygens (including phenoxy) is 1. The number of rotatable bonds is 5. The van der Waals surface area contributed by atoms with Crippen LogP contribution >= 0.6 is 0 Å². The number of nitrogens with one attached hydrogen (secondary N) is 1. The minimum absolute atomic E-state index is 0.0540. The SMILES string of the molecule is CCOC(=O)N1CCC(NC(=O)[C@H](C)N2C(=O)c3ccccc3[C@H]2c2cn(C)c3ccccc23)CC1. The maximum absolute atomic E-state index is 13.6. The van der Waals surface area contributed by atoms with E-state index in [2.05, 4.69) is 28.2 Å². The molecule has 1 aromatic heterocycles. The quantitative estimate of drug-likeness (QED) is 0.591. The number of amides is 3. The predicted molar refractivity (Wildman–Crippen MR) is 137 cm³/mol. The van der Waals surface area contributed by atoms with Crippen molar-refractivity contribution in [2.75, 3.05) is 19.7 Å². The van der Waals surface area contributed by atoms with Crippen molar-refractivity contribution in [3.63, 3.8) is 0 Å². The van der Waals surface area contributed by atoms with Gasteiger partial charge in [0.15, 0.2) is 0 Å². The summed E-state index contributed by atoms with van der Waals surface area (Å²) in [5, 5.41) is 4.20. The molecule has 188 valence electrons. The van der Waals surface area contributed by atoms with Crippen molar-refractivity contribution < 1.29 is 19.1 Å². The van der Waals surface area contributed by atoms with Gasteiger partial charge in [0.05, 0.1) is 12.6 Å². The monoisotopic (exact) mass is 488 g/mol. The average Bonchev–Trinajstić information content (AvgIpc) is 3.38. The van der Waals surface area contributed by atoms with Gasteiger partial charge in [0.25, 0.3) is 5.91 Å². The summed E-state index contributed by atoms with van der Waals surface area (Å²) in [5.74, 6) is -0.320. The van der Waals surface area contributed by atoms with Crippen LogP contribution in [0.4, 0.5) is 4.79 Å². The highest BCUT2D eigenvalue weighted by molar-refractivity contribution is 6.03. The van der Waals surface area contributed by atoms with Crippen molar-refractivity contribution in [2.24, 2.45) is 7.05 Å². The molecule has 2 atom stereocenters. The summed E-state index contributed by atoms with van der Waals surface area (Å²) < 4.78 is 7.15. The number of carbonyl (C=O) groups is 3. The molecule has 3 aromatic rings. The number of para-hydroxylation sites is 1. The Hall–Kier alpha value is -3.81. The first-order valence-corrected chi connectivity index (χ1v) is 12.6. The van der Waals surface area contributed by atoms with E-state index in [0.29, 0.717) is 38.1 Å². The number of fused-ring (bicyclic) bond motifs is 2. The third kappa shape index (κ3) is 4.10. The van der Waals surface area contributed by atoms with Crippen LogP contribution in [0.5, 0.6) is 0 Å². The van der Waals surface area contributed by atoms with Crippen molar-refractivity contribution >= 4 is 28.8 Å². The Morgan fingerprint density at radius 1 is 1.06 bits per heavy atom. The number of carbonyl (C=O) groups excluding carboxylic acids is 3. The molecule has 2 aliphatic rings. The van der Waals surface area contributed by atoms with Crippen molar-refractivity contribution in [3.05, 3.63) is 71.4 Å². The van der Waals surface area contributed by atoms with E-state index in [4.69, 9.17) is 4.74 Å². The van der Waals surface area contributed by atoms with Crippen LogP contribution < -0.4 is 5.32 Å². The topological polar surface area (TPSA) is 83.9 Å². The summed E-state index contributed by atoms with van der Waals surface area (Å²) in [4.78, 5) is 42.4. The van der Waals surface area contributed by atoms with Crippen LogP contribution in [-0.4, -0.2) is 64.1 Å². The standard InChI is InChI=1S/C28H32N4O4/c1-4-36-28(35)31-15-13-19(14-16-31)29-26(33)18(2)32-25(21-10-5-6-11-22(21)27(32)34)23-17-30(3)24-12-8-7-9-20(23)24/h5-12,17-19,25H,4,13-16H2,1-3H3,(H,29,33)/t18-,25-/m0/s1. The molecule has 0 aliphatic carbocycles. The number of aromatic nitrogens is 1. The molecule has 1 fully saturated rings. The Morgan fingerprint density at radius 2 is 1.75 bits per heavy atom. The Kier molecular flexibility index (Phi) is 6.43.